The van der Waals surface area contributed by atoms with Gasteiger partial charge in [0, 0.05) is 11.5 Å². The molecule has 9 nitrogen and oxygen atoms in total. The molecule has 0 unspecified atom stereocenters. The highest BCUT2D eigenvalue weighted by Crippen LogP contribution is 2.37. The third-order valence-electron chi connectivity index (χ3n) is 4.10. The molecule has 0 aliphatic rings. The summed E-state index contributed by atoms with van der Waals surface area (Å²) in [6.07, 6.45) is 0. The summed E-state index contributed by atoms with van der Waals surface area (Å²) in [6.45, 7) is 1.63. The smallest absolute Gasteiger partial charge is 0.295 e. The van der Waals surface area contributed by atoms with Crippen LogP contribution in [0.15, 0.2) is 53.4 Å². The zero-order chi connectivity index (χ0) is 20.6. The first-order valence-electron chi connectivity index (χ1n) is 7.88. The maximum Gasteiger partial charge on any atom is 0.295 e. The van der Waals surface area contributed by atoms with Crippen molar-refractivity contribution < 1.29 is 27.8 Å². The molecule has 1 amide bonds. The van der Waals surface area contributed by atoms with Gasteiger partial charge in [0.1, 0.15) is 16.2 Å². The molecule has 10 heteroatoms. The fourth-order valence-corrected chi connectivity index (χ4v) is 3.57. The van der Waals surface area contributed by atoms with Crippen LogP contribution in [-0.2, 0) is 10.1 Å². The molecular weight excluding hydrogens is 388 g/mol. The van der Waals surface area contributed by atoms with Gasteiger partial charge in [0.2, 0.25) is 0 Å². The van der Waals surface area contributed by atoms with E-state index in [0.717, 1.165) is 6.07 Å². The van der Waals surface area contributed by atoms with E-state index in [4.69, 9.17) is 0 Å². The second-order valence-corrected chi connectivity index (χ2v) is 7.41. The summed E-state index contributed by atoms with van der Waals surface area (Å²) in [7, 11) is -4.67. The Balaban J connectivity index is 2.20. The van der Waals surface area contributed by atoms with E-state index in [0.29, 0.717) is 10.9 Å². The lowest BCUT2D eigenvalue weighted by molar-refractivity contribution is -0.385. The van der Waals surface area contributed by atoms with Gasteiger partial charge in [0.15, 0.2) is 0 Å². The highest BCUT2D eigenvalue weighted by Gasteiger charge is 2.24. The Labute approximate surface area is 159 Å². The molecule has 0 radical (unpaired) electrons. The van der Waals surface area contributed by atoms with E-state index in [9.17, 15) is 33.0 Å². The molecular formula is C18H14N2O7S. The van der Waals surface area contributed by atoms with Crippen molar-refractivity contribution in [1.82, 2.24) is 0 Å². The molecule has 28 heavy (non-hydrogen) atoms. The fraction of sp³-hybridized carbons (Fsp3) is 0.0556. The number of nitro groups is 1. The zero-order valence-electron chi connectivity index (χ0n) is 14.4. The fourth-order valence-electron chi connectivity index (χ4n) is 2.84. The molecule has 3 aromatic carbocycles. The van der Waals surface area contributed by atoms with Crippen LogP contribution in [0.5, 0.6) is 5.75 Å². The van der Waals surface area contributed by atoms with Crippen LogP contribution in [0.1, 0.15) is 15.9 Å². The maximum atomic E-state index is 12.7. The van der Waals surface area contributed by atoms with Gasteiger partial charge in [0.05, 0.1) is 10.6 Å². The summed E-state index contributed by atoms with van der Waals surface area (Å²) in [6, 6.07) is 10.6. The lowest BCUT2D eigenvalue weighted by Crippen LogP contribution is -2.15. The third-order valence-corrected chi connectivity index (χ3v) is 4.99. The monoisotopic (exact) mass is 402 g/mol. The number of aryl methyl sites for hydroxylation is 1. The molecule has 3 aromatic rings. The van der Waals surface area contributed by atoms with Gasteiger partial charge < -0.3 is 10.4 Å². The minimum Gasteiger partial charge on any atom is -0.506 e. The number of benzene rings is 3. The van der Waals surface area contributed by atoms with E-state index >= 15 is 0 Å². The Hall–Kier alpha value is -3.50. The summed E-state index contributed by atoms with van der Waals surface area (Å²) in [5.74, 6) is -1.38. The first-order valence-corrected chi connectivity index (χ1v) is 9.32. The minimum atomic E-state index is -4.67. The highest BCUT2D eigenvalue weighted by molar-refractivity contribution is 7.86. The van der Waals surface area contributed by atoms with Gasteiger partial charge in [0.25, 0.3) is 21.7 Å². The summed E-state index contributed by atoms with van der Waals surface area (Å²) in [5.41, 5.74) is -0.418. The number of fused-ring (bicyclic) bond motifs is 1. The molecule has 0 aromatic heterocycles. The topological polar surface area (TPSA) is 147 Å². The maximum absolute atomic E-state index is 12.7. The summed E-state index contributed by atoms with van der Waals surface area (Å²) in [5, 5.41) is 24.0. The number of nitrogens with zero attached hydrogens (tertiary/aromatic N) is 1. The van der Waals surface area contributed by atoms with E-state index < -0.39 is 37.3 Å². The van der Waals surface area contributed by atoms with Crippen molar-refractivity contribution in [2.45, 2.75) is 11.8 Å². The number of phenolic OH excluding ortho intramolecular Hbond substituents is 1. The Kier molecular flexibility index (Phi) is 4.75. The third kappa shape index (κ3) is 3.50. The van der Waals surface area contributed by atoms with Crippen molar-refractivity contribution in [3.63, 3.8) is 0 Å². The molecule has 0 aliphatic carbocycles. The molecule has 3 rings (SSSR count). The highest BCUT2D eigenvalue weighted by atomic mass is 32.2. The van der Waals surface area contributed by atoms with Crippen LogP contribution in [0, 0.1) is 17.0 Å². The number of nitrogens with one attached hydrogen (secondary N) is 1. The van der Waals surface area contributed by atoms with Crippen LogP contribution in [0.3, 0.4) is 0 Å². The summed E-state index contributed by atoms with van der Waals surface area (Å²) >= 11 is 0. The van der Waals surface area contributed by atoms with Crippen LogP contribution in [-0.4, -0.2) is 28.9 Å². The van der Waals surface area contributed by atoms with Crippen LogP contribution in [0.25, 0.3) is 10.8 Å². The lowest BCUT2D eigenvalue weighted by Gasteiger charge is -2.13. The number of rotatable bonds is 4. The van der Waals surface area contributed by atoms with Crippen molar-refractivity contribution in [1.29, 1.82) is 0 Å². The Morgan fingerprint density at radius 2 is 1.86 bits per heavy atom. The van der Waals surface area contributed by atoms with E-state index in [1.165, 1.54) is 42.5 Å². The molecule has 144 valence electrons. The molecule has 0 heterocycles. The van der Waals surface area contributed by atoms with Crippen LogP contribution in [0.2, 0.25) is 0 Å². The zero-order valence-corrected chi connectivity index (χ0v) is 15.2. The Morgan fingerprint density at radius 1 is 1.14 bits per heavy atom. The normalized spacial score (nSPS) is 11.4. The van der Waals surface area contributed by atoms with Gasteiger partial charge in [-0.25, -0.2) is 0 Å². The number of amides is 1. The molecule has 0 bridgehead atoms. The molecule has 0 atom stereocenters. The van der Waals surface area contributed by atoms with Crippen molar-refractivity contribution in [2.24, 2.45) is 0 Å². The van der Waals surface area contributed by atoms with Crippen molar-refractivity contribution >= 4 is 38.2 Å². The average molecular weight is 402 g/mol. The van der Waals surface area contributed by atoms with E-state index in [-0.39, 0.29) is 16.6 Å². The number of hydrogen-bond donors (Lipinski definition) is 3. The van der Waals surface area contributed by atoms with Gasteiger partial charge in [-0.05, 0) is 36.1 Å². The number of hydrogen-bond acceptors (Lipinski definition) is 6. The van der Waals surface area contributed by atoms with Gasteiger partial charge in [-0.1, -0.05) is 24.3 Å². The molecule has 0 fully saturated rings. The number of aromatic hydroxyl groups is 1. The van der Waals surface area contributed by atoms with E-state index in [2.05, 4.69) is 5.32 Å². The number of carbonyl (C=O) groups is 1. The predicted octanol–water partition coefficient (Wildman–Crippen LogP) is 3.26. The Morgan fingerprint density at radius 3 is 2.50 bits per heavy atom. The average Bonchev–Trinajstić information content (AvgIpc) is 2.62. The van der Waals surface area contributed by atoms with Crippen LogP contribution >= 0.6 is 0 Å². The number of phenols is 1. The van der Waals surface area contributed by atoms with Crippen molar-refractivity contribution in [2.75, 3.05) is 5.32 Å². The summed E-state index contributed by atoms with van der Waals surface area (Å²) in [4.78, 5) is 22.7. The molecule has 0 saturated carbocycles. The second-order valence-electron chi connectivity index (χ2n) is 6.02. The van der Waals surface area contributed by atoms with Gasteiger partial charge >= 0.3 is 0 Å². The lowest BCUT2D eigenvalue weighted by atomic mass is 10.1. The predicted molar refractivity (Wildman–Crippen MR) is 101 cm³/mol. The first-order chi connectivity index (χ1) is 13.1. The van der Waals surface area contributed by atoms with Crippen molar-refractivity contribution in [3.05, 3.63) is 69.8 Å². The van der Waals surface area contributed by atoms with Crippen LogP contribution < -0.4 is 5.32 Å². The van der Waals surface area contributed by atoms with Crippen LogP contribution in [0.4, 0.5) is 11.4 Å². The standard InChI is InChI=1S/C18H14N2O7S/c1-10-5-7-12(13(9-10)20(23)24)18(22)19-17-14(21)8-6-11-3-2-4-15(16(11)17)28(25,26)27/h2-9,21H,1H3,(H,19,22)(H,25,26,27). The number of anilines is 1. The largest absolute Gasteiger partial charge is 0.506 e. The molecule has 0 saturated heterocycles. The van der Waals surface area contributed by atoms with Crippen molar-refractivity contribution in [3.8, 4) is 5.75 Å². The van der Waals surface area contributed by atoms with Gasteiger partial charge in [-0.3, -0.25) is 19.5 Å². The number of carbonyl (C=O) groups excluding carboxylic acids is 1. The first kappa shape index (κ1) is 19.3. The number of nitro benzene ring substituents is 1. The quantitative estimate of drug-likeness (QED) is 0.263. The van der Waals surface area contributed by atoms with E-state index in [1.54, 1.807) is 6.92 Å². The molecule has 3 N–H and O–H groups in total. The SMILES string of the molecule is Cc1ccc(C(=O)Nc2c(O)ccc3cccc(S(=O)(=O)O)c23)c([N+](=O)[O-])c1. The van der Waals surface area contributed by atoms with E-state index in [1.807, 2.05) is 0 Å². The molecule has 0 spiro atoms. The summed E-state index contributed by atoms with van der Waals surface area (Å²) < 4.78 is 32.9. The minimum absolute atomic E-state index is 0.117. The van der Waals surface area contributed by atoms with Gasteiger partial charge in [-0.15, -0.1) is 0 Å². The second kappa shape index (κ2) is 6.91. The Bertz CT molecular complexity index is 1240. The molecule has 0 aliphatic heterocycles. The van der Waals surface area contributed by atoms with Gasteiger partial charge in [-0.2, -0.15) is 8.42 Å².